The summed E-state index contributed by atoms with van der Waals surface area (Å²) in [7, 11) is 1.86. The third-order valence-electron chi connectivity index (χ3n) is 1.41. The van der Waals surface area contributed by atoms with Gasteiger partial charge in [0.25, 0.3) is 0 Å². The van der Waals surface area contributed by atoms with Crippen molar-refractivity contribution < 1.29 is 0 Å². The number of hydrogen-bond donors (Lipinski definition) is 3. The van der Waals surface area contributed by atoms with E-state index in [1.807, 2.05) is 7.05 Å². The molecule has 5 nitrogen and oxygen atoms in total. The van der Waals surface area contributed by atoms with E-state index in [-0.39, 0.29) is 5.84 Å². The Morgan fingerprint density at radius 3 is 3.07 bits per heavy atom. The van der Waals surface area contributed by atoms with Crippen molar-refractivity contribution in [3.05, 3.63) is 16.1 Å². The standard InChI is InChI=1S/C8H13N5S/c1-5(9)12-8(10)6-4-14-7(13-6)3-11-2/h4,11H,3H2,1-2H3,(H3,9,10,12). The lowest BCUT2D eigenvalue weighted by atomic mass is 10.4. The smallest absolute Gasteiger partial charge is 0.173 e. The fraction of sp³-hybridized carbons (Fsp3) is 0.375. The summed E-state index contributed by atoms with van der Waals surface area (Å²) in [5, 5.41) is 13.3. The highest BCUT2D eigenvalue weighted by Crippen LogP contribution is 2.10. The summed E-state index contributed by atoms with van der Waals surface area (Å²) in [6.45, 7) is 2.36. The lowest BCUT2D eigenvalue weighted by molar-refractivity contribution is 0.809. The van der Waals surface area contributed by atoms with Gasteiger partial charge in [0.2, 0.25) is 0 Å². The second-order valence-electron chi connectivity index (χ2n) is 2.76. The molecule has 0 aliphatic carbocycles. The Bertz CT molecular complexity index is 350. The van der Waals surface area contributed by atoms with Crippen LogP contribution in [0.3, 0.4) is 0 Å². The molecule has 0 radical (unpaired) electrons. The summed E-state index contributed by atoms with van der Waals surface area (Å²) in [6.07, 6.45) is 0. The van der Waals surface area contributed by atoms with Gasteiger partial charge < -0.3 is 11.1 Å². The second-order valence-corrected chi connectivity index (χ2v) is 3.70. The zero-order valence-electron chi connectivity index (χ0n) is 8.16. The Hall–Kier alpha value is -1.27. The minimum Gasteiger partial charge on any atom is -0.387 e. The number of nitrogens with zero attached hydrogens (tertiary/aromatic N) is 2. The number of nitrogens with two attached hydrogens (primary N) is 1. The number of thiazole rings is 1. The van der Waals surface area contributed by atoms with E-state index < -0.39 is 0 Å². The molecule has 6 heteroatoms. The summed E-state index contributed by atoms with van der Waals surface area (Å²) < 4.78 is 0. The molecule has 0 saturated carbocycles. The highest BCUT2D eigenvalue weighted by molar-refractivity contribution is 7.09. The van der Waals surface area contributed by atoms with Crippen LogP contribution in [0.2, 0.25) is 0 Å². The fourth-order valence-electron chi connectivity index (χ4n) is 0.886. The van der Waals surface area contributed by atoms with Crippen molar-refractivity contribution in [2.75, 3.05) is 7.05 Å². The van der Waals surface area contributed by atoms with Crippen LogP contribution in [0.4, 0.5) is 0 Å². The van der Waals surface area contributed by atoms with Crippen LogP contribution in [0.15, 0.2) is 10.4 Å². The molecule has 4 N–H and O–H groups in total. The number of nitrogens with one attached hydrogen (secondary N) is 2. The van der Waals surface area contributed by atoms with Gasteiger partial charge in [-0.05, 0) is 14.0 Å². The second kappa shape index (κ2) is 4.83. The lowest BCUT2D eigenvalue weighted by Crippen LogP contribution is -2.10. The van der Waals surface area contributed by atoms with Crippen molar-refractivity contribution in [2.24, 2.45) is 10.7 Å². The molecular formula is C8H13N5S. The predicted octanol–water partition coefficient (Wildman–Crippen LogP) is 0.565. The van der Waals surface area contributed by atoms with E-state index in [2.05, 4.69) is 15.3 Å². The Balaban J connectivity index is 2.76. The van der Waals surface area contributed by atoms with Gasteiger partial charge in [0, 0.05) is 11.9 Å². The zero-order valence-corrected chi connectivity index (χ0v) is 8.98. The van der Waals surface area contributed by atoms with E-state index >= 15 is 0 Å². The Morgan fingerprint density at radius 1 is 1.79 bits per heavy atom. The van der Waals surface area contributed by atoms with Crippen LogP contribution in [0.1, 0.15) is 17.6 Å². The molecule has 76 valence electrons. The molecule has 1 rings (SSSR count). The molecule has 0 bridgehead atoms. The molecule has 0 spiro atoms. The van der Waals surface area contributed by atoms with Gasteiger partial charge in [0.15, 0.2) is 5.84 Å². The predicted molar refractivity (Wildman–Crippen MR) is 59.0 cm³/mol. The summed E-state index contributed by atoms with van der Waals surface area (Å²) in [5.74, 6) is 0.488. The van der Waals surface area contributed by atoms with Gasteiger partial charge >= 0.3 is 0 Å². The van der Waals surface area contributed by atoms with Gasteiger partial charge in [-0.25, -0.2) is 9.98 Å². The van der Waals surface area contributed by atoms with Crippen LogP contribution in [-0.4, -0.2) is 23.7 Å². The van der Waals surface area contributed by atoms with Gasteiger partial charge in [-0.3, -0.25) is 5.41 Å². The van der Waals surface area contributed by atoms with Crippen LogP contribution in [0.25, 0.3) is 0 Å². The maximum Gasteiger partial charge on any atom is 0.173 e. The molecule has 0 aromatic carbocycles. The molecule has 0 saturated heterocycles. The van der Waals surface area contributed by atoms with E-state index in [1.165, 1.54) is 11.3 Å². The Kier molecular flexibility index (Phi) is 3.73. The first-order valence-corrected chi connectivity index (χ1v) is 5.00. The normalized spacial score (nSPS) is 11.7. The van der Waals surface area contributed by atoms with Crippen molar-refractivity contribution >= 4 is 23.0 Å². The molecule has 0 aliphatic rings. The van der Waals surface area contributed by atoms with E-state index in [1.54, 1.807) is 12.3 Å². The Labute approximate surface area is 86.6 Å². The van der Waals surface area contributed by atoms with Gasteiger partial charge in [-0.15, -0.1) is 11.3 Å². The third-order valence-corrected chi connectivity index (χ3v) is 2.26. The lowest BCUT2D eigenvalue weighted by Gasteiger charge is -1.93. The first-order valence-electron chi connectivity index (χ1n) is 4.12. The number of hydrogen-bond acceptors (Lipinski definition) is 4. The number of amidine groups is 2. The van der Waals surface area contributed by atoms with Crippen molar-refractivity contribution in [1.82, 2.24) is 10.3 Å². The summed E-state index contributed by atoms with van der Waals surface area (Å²) in [6, 6.07) is 0. The summed E-state index contributed by atoms with van der Waals surface area (Å²) in [4.78, 5) is 8.04. The van der Waals surface area contributed by atoms with E-state index in [0.29, 0.717) is 18.1 Å². The van der Waals surface area contributed by atoms with Crippen LogP contribution in [-0.2, 0) is 6.54 Å². The van der Waals surface area contributed by atoms with Crippen molar-refractivity contribution in [1.29, 1.82) is 5.41 Å². The molecule has 0 atom stereocenters. The minimum atomic E-state index is 0.114. The highest BCUT2D eigenvalue weighted by atomic mass is 32.1. The van der Waals surface area contributed by atoms with Gasteiger partial charge in [0.1, 0.15) is 10.7 Å². The van der Waals surface area contributed by atoms with Crippen molar-refractivity contribution in [3.8, 4) is 0 Å². The summed E-state index contributed by atoms with van der Waals surface area (Å²) in [5.41, 5.74) is 5.94. The van der Waals surface area contributed by atoms with Crippen molar-refractivity contribution in [2.45, 2.75) is 13.5 Å². The molecule has 1 heterocycles. The molecule has 1 aromatic heterocycles. The molecule has 0 aliphatic heterocycles. The van der Waals surface area contributed by atoms with E-state index in [4.69, 9.17) is 11.1 Å². The minimum absolute atomic E-state index is 0.114. The molecule has 0 unspecified atom stereocenters. The summed E-state index contributed by atoms with van der Waals surface area (Å²) >= 11 is 1.51. The quantitative estimate of drug-likeness (QED) is 0.504. The SMILES string of the molecule is CNCc1nc(C(=N)N=C(C)N)cs1. The van der Waals surface area contributed by atoms with Crippen LogP contribution < -0.4 is 11.1 Å². The van der Waals surface area contributed by atoms with Crippen molar-refractivity contribution in [3.63, 3.8) is 0 Å². The average Bonchev–Trinajstić information content (AvgIpc) is 2.52. The van der Waals surface area contributed by atoms with Gasteiger partial charge in [-0.1, -0.05) is 0 Å². The van der Waals surface area contributed by atoms with Crippen LogP contribution >= 0.6 is 11.3 Å². The number of rotatable bonds is 3. The first-order chi connectivity index (χ1) is 6.63. The maximum atomic E-state index is 7.56. The maximum absolute atomic E-state index is 7.56. The average molecular weight is 211 g/mol. The van der Waals surface area contributed by atoms with Gasteiger partial charge in [-0.2, -0.15) is 0 Å². The van der Waals surface area contributed by atoms with Crippen LogP contribution in [0, 0.1) is 5.41 Å². The first kappa shape index (κ1) is 10.8. The largest absolute Gasteiger partial charge is 0.387 e. The molecule has 14 heavy (non-hydrogen) atoms. The van der Waals surface area contributed by atoms with Gasteiger partial charge in [0.05, 0.1) is 5.84 Å². The third kappa shape index (κ3) is 2.90. The van der Waals surface area contributed by atoms with E-state index in [0.717, 1.165) is 5.01 Å². The molecule has 0 amide bonds. The topological polar surface area (TPSA) is 87.2 Å². The fourth-order valence-corrected chi connectivity index (χ4v) is 1.68. The van der Waals surface area contributed by atoms with Crippen LogP contribution in [0.5, 0.6) is 0 Å². The molecule has 0 fully saturated rings. The molecule has 1 aromatic rings. The number of aromatic nitrogens is 1. The Morgan fingerprint density at radius 2 is 2.50 bits per heavy atom. The monoisotopic (exact) mass is 211 g/mol. The zero-order chi connectivity index (χ0) is 10.6. The highest BCUT2D eigenvalue weighted by Gasteiger charge is 2.05. The van der Waals surface area contributed by atoms with E-state index in [9.17, 15) is 0 Å². The number of aliphatic imine (C=N–C) groups is 1. The molecular weight excluding hydrogens is 198 g/mol.